The van der Waals surface area contributed by atoms with E-state index in [-0.39, 0.29) is 22.6 Å². The highest BCUT2D eigenvalue weighted by atomic mass is 16.6. The summed E-state index contributed by atoms with van der Waals surface area (Å²) in [6.45, 7) is 2.96. The maximum atomic E-state index is 11.2. The van der Waals surface area contributed by atoms with E-state index < -0.39 is 0 Å². The number of aromatic nitrogens is 2. The second-order valence-corrected chi connectivity index (χ2v) is 5.80. The molecule has 1 aromatic heterocycles. The van der Waals surface area contributed by atoms with Crippen molar-refractivity contribution in [3.05, 3.63) is 51.7 Å². The van der Waals surface area contributed by atoms with Crippen LogP contribution in [0.25, 0.3) is 0 Å². The molecule has 2 aromatic rings. The molecule has 3 rings (SSSR count). The van der Waals surface area contributed by atoms with Crippen LogP contribution in [0.1, 0.15) is 23.8 Å². The molecule has 1 N–H and O–H groups in total. The molecule has 2 unspecified atom stereocenters. The Kier molecular flexibility index (Phi) is 4.29. The first-order chi connectivity index (χ1) is 11.1. The predicted molar refractivity (Wildman–Crippen MR) is 86.3 cm³/mol. The molecule has 0 bridgehead atoms. The molecule has 122 valence electrons. The summed E-state index contributed by atoms with van der Waals surface area (Å²) in [6, 6.07) is 10.1. The van der Waals surface area contributed by atoms with Gasteiger partial charge >= 0.3 is 5.69 Å². The molecule has 23 heavy (non-hydrogen) atoms. The molecule has 0 aliphatic carbocycles. The number of nitrogens with zero attached hydrogens (tertiary/aromatic N) is 3. The van der Waals surface area contributed by atoms with Gasteiger partial charge in [0.25, 0.3) is 0 Å². The van der Waals surface area contributed by atoms with Crippen molar-refractivity contribution < 1.29 is 9.66 Å². The zero-order valence-electron chi connectivity index (χ0n) is 13.2. The fourth-order valence-corrected chi connectivity index (χ4v) is 3.15. The van der Waals surface area contributed by atoms with Crippen LogP contribution in [0.3, 0.4) is 0 Å². The van der Waals surface area contributed by atoms with E-state index in [9.17, 15) is 10.1 Å². The van der Waals surface area contributed by atoms with Crippen molar-refractivity contribution in [3.63, 3.8) is 0 Å². The Bertz CT molecular complexity index is 699. The Morgan fingerprint density at radius 2 is 2.17 bits per heavy atom. The van der Waals surface area contributed by atoms with Crippen molar-refractivity contribution in [2.45, 2.75) is 19.4 Å². The van der Waals surface area contributed by atoms with E-state index in [1.807, 2.05) is 18.2 Å². The largest absolute Gasteiger partial charge is 0.373 e. The Balaban J connectivity index is 1.75. The third kappa shape index (κ3) is 3.05. The quantitative estimate of drug-likeness (QED) is 0.677. The molecular formula is C16H20N4O3. The third-order valence-electron chi connectivity index (χ3n) is 4.25. The number of benzene rings is 1. The molecule has 1 saturated heterocycles. The van der Waals surface area contributed by atoms with Crippen molar-refractivity contribution in [1.29, 1.82) is 0 Å². The summed E-state index contributed by atoms with van der Waals surface area (Å²) in [4.78, 5) is 10.8. The van der Waals surface area contributed by atoms with Gasteiger partial charge in [-0.05, 0) is 18.9 Å². The minimum absolute atomic E-state index is 0.0251. The minimum atomic E-state index is -0.384. The van der Waals surface area contributed by atoms with Crippen LogP contribution in [0, 0.1) is 23.0 Å². The van der Waals surface area contributed by atoms with Gasteiger partial charge in [-0.25, -0.2) is 4.68 Å². The maximum Gasteiger partial charge on any atom is 0.333 e. The molecular weight excluding hydrogens is 296 g/mol. The lowest BCUT2D eigenvalue weighted by Crippen LogP contribution is -2.19. The molecule has 0 amide bonds. The fourth-order valence-electron chi connectivity index (χ4n) is 3.15. The van der Waals surface area contributed by atoms with E-state index in [0.29, 0.717) is 24.7 Å². The summed E-state index contributed by atoms with van der Waals surface area (Å²) < 4.78 is 7.39. The fraction of sp³-hybridized carbons (Fsp3) is 0.438. The number of nitro groups is 1. The van der Waals surface area contributed by atoms with E-state index in [1.165, 1.54) is 4.68 Å². The van der Waals surface area contributed by atoms with E-state index >= 15 is 0 Å². The van der Waals surface area contributed by atoms with Gasteiger partial charge in [0.05, 0.1) is 11.0 Å². The van der Waals surface area contributed by atoms with Gasteiger partial charge in [0.2, 0.25) is 5.82 Å². The van der Waals surface area contributed by atoms with Crippen LogP contribution in [-0.2, 0) is 11.8 Å². The molecule has 1 fully saturated rings. The van der Waals surface area contributed by atoms with E-state index in [1.54, 1.807) is 14.0 Å². The highest BCUT2D eigenvalue weighted by Crippen LogP contribution is 2.35. The number of ether oxygens (including phenoxy) is 1. The van der Waals surface area contributed by atoms with Gasteiger partial charge in [-0.1, -0.05) is 30.3 Å². The zero-order chi connectivity index (χ0) is 16.4. The van der Waals surface area contributed by atoms with Crippen LogP contribution in [0.2, 0.25) is 0 Å². The number of aryl methyl sites for hydroxylation is 2. The summed E-state index contributed by atoms with van der Waals surface area (Å²) in [5, 5.41) is 18.6. The Morgan fingerprint density at radius 3 is 2.87 bits per heavy atom. The number of nitrogens with one attached hydrogen (secondary N) is 1. The summed E-state index contributed by atoms with van der Waals surface area (Å²) in [5.41, 5.74) is 1.61. The Hall–Kier alpha value is -2.41. The smallest absolute Gasteiger partial charge is 0.333 e. The van der Waals surface area contributed by atoms with Crippen molar-refractivity contribution in [2.75, 3.05) is 18.5 Å². The normalized spacial score (nSPS) is 20.6. The standard InChI is InChI=1S/C16H20N4O3/c1-11-14(20(21)22)16(19(2)18-11)17-10-13-8-9-23-15(13)12-6-4-3-5-7-12/h3-7,13,15,17H,8-10H2,1-2H3. The van der Waals surface area contributed by atoms with Crippen LogP contribution in [0.5, 0.6) is 0 Å². The van der Waals surface area contributed by atoms with Gasteiger partial charge in [0, 0.05) is 26.1 Å². The highest BCUT2D eigenvalue weighted by molar-refractivity contribution is 5.59. The SMILES string of the molecule is Cc1nn(C)c(NCC2CCOC2c2ccccc2)c1[N+](=O)[O-]. The molecule has 1 aliphatic rings. The first-order valence-corrected chi connectivity index (χ1v) is 7.66. The lowest BCUT2D eigenvalue weighted by molar-refractivity contribution is -0.384. The van der Waals surface area contributed by atoms with Crippen LogP contribution in [0.4, 0.5) is 11.5 Å². The number of hydrogen-bond acceptors (Lipinski definition) is 5. The molecule has 0 radical (unpaired) electrons. The van der Waals surface area contributed by atoms with Crippen LogP contribution < -0.4 is 5.32 Å². The van der Waals surface area contributed by atoms with Crippen LogP contribution in [0.15, 0.2) is 30.3 Å². The first-order valence-electron chi connectivity index (χ1n) is 7.66. The molecule has 0 saturated carbocycles. The topological polar surface area (TPSA) is 82.2 Å². The van der Waals surface area contributed by atoms with Gasteiger partial charge in [-0.15, -0.1) is 0 Å². The van der Waals surface area contributed by atoms with Crippen molar-refractivity contribution >= 4 is 11.5 Å². The lowest BCUT2D eigenvalue weighted by atomic mass is 9.95. The minimum Gasteiger partial charge on any atom is -0.373 e. The second kappa shape index (κ2) is 6.37. The van der Waals surface area contributed by atoms with Gasteiger partial charge < -0.3 is 10.1 Å². The number of hydrogen-bond donors (Lipinski definition) is 1. The summed E-state index contributed by atoms with van der Waals surface area (Å²) in [7, 11) is 1.71. The summed E-state index contributed by atoms with van der Waals surface area (Å²) in [6.07, 6.45) is 0.953. The van der Waals surface area contributed by atoms with Gasteiger partial charge in [0.15, 0.2) is 0 Å². The first kappa shape index (κ1) is 15.5. The monoisotopic (exact) mass is 316 g/mol. The Labute approximate surface area is 134 Å². The molecule has 1 aromatic carbocycles. The zero-order valence-corrected chi connectivity index (χ0v) is 13.2. The number of rotatable bonds is 5. The van der Waals surface area contributed by atoms with E-state index in [0.717, 1.165) is 12.0 Å². The van der Waals surface area contributed by atoms with E-state index in [4.69, 9.17) is 4.74 Å². The molecule has 2 atom stereocenters. The maximum absolute atomic E-state index is 11.2. The summed E-state index contributed by atoms with van der Waals surface area (Å²) >= 11 is 0. The highest BCUT2D eigenvalue weighted by Gasteiger charge is 2.31. The van der Waals surface area contributed by atoms with Crippen molar-refractivity contribution in [1.82, 2.24) is 9.78 Å². The Morgan fingerprint density at radius 1 is 1.43 bits per heavy atom. The summed E-state index contributed by atoms with van der Waals surface area (Å²) in [5.74, 6) is 0.721. The predicted octanol–water partition coefficient (Wildman–Crippen LogP) is 2.83. The van der Waals surface area contributed by atoms with Gasteiger partial charge in [-0.3, -0.25) is 10.1 Å². The molecule has 7 nitrogen and oxygen atoms in total. The van der Waals surface area contributed by atoms with Crippen LogP contribution >= 0.6 is 0 Å². The average Bonchev–Trinajstić information content (AvgIpc) is 3.10. The third-order valence-corrected chi connectivity index (χ3v) is 4.25. The molecule has 1 aliphatic heterocycles. The van der Waals surface area contributed by atoms with Crippen molar-refractivity contribution in [3.8, 4) is 0 Å². The van der Waals surface area contributed by atoms with Gasteiger partial charge in [0.1, 0.15) is 5.69 Å². The molecule has 0 spiro atoms. The average molecular weight is 316 g/mol. The van der Waals surface area contributed by atoms with Crippen LogP contribution in [-0.4, -0.2) is 27.9 Å². The second-order valence-electron chi connectivity index (χ2n) is 5.80. The lowest BCUT2D eigenvalue weighted by Gasteiger charge is -2.19. The van der Waals surface area contributed by atoms with Gasteiger partial charge in [-0.2, -0.15) is 5.10 Å². The van der Waals surface area contributed by atoms with E-state index in [2.05, 4.69) is 22.5 Å². The van der Waals surface area contributed by atoms with Crippen molar-refractivity contribution in [2.24, 2.45) is 13.0 Å². The molecule has 2 heterocycles. The molecule has 7 heteroatoms. The number of anilines is 1.